The zero-order valence-corrected chi connectivity index (χ0v) is 12.9. The van der Waals surface area contributed by atoms with E-state index in [1.807, 2.05) is 39.0 Å². The lowest BCUT2D eigenvalue weighted by Gasteiger charge is -2.41. The summed E-state index contributed by atoms with van der Waals surface area (Å²) in [4.78, 5) is 26.7. The topological polar surface area (TPSA) is 58.6 Å². The van der Waals surface area contributed by atoms with Crippen molar-refractivity contribution in [1.29, 1.82) is 0 Å². The van der Waals surface area contributed by atoms with Crippen LogP contribution in [-0.4, -0.2) is 31.0 Å². The number of ether oxygens (including phenoxy) is 1. The molecule has 0 saturated carbocycles. The van der Waals surface area contributed by atoms with Crippen LogP contribution in [0.25, 0.3) is 0 Å². The van der Waals surface area contributed by atoms with Crippen LogP contribution in [0.4, 0.5) is 5.69 Å². The lowest BCUT2D eigenvalue weighted by atomic mass is 9.95. The van der Waals surface area contributed by atoms with Crippen molar-refractivity contribution in [2.75, 3.05) is 12.0 Å². The van der Waals surface area contributed by atoms with Gasteiger partial charge in [0.25, 0.3) is 0 Å². The first-order valence-electron chi connectivity index (χ1n) is 7.27. The molecule has 5 nitrogen and oxygen atoms in total. The highest BCUT2D eigenvalue weighted by Crippen LogP contribution is 2.33. The number of nitrogens with one attached hydrogen (secondary N) is 1. The van der Waals surface area contributed by atoms with Crippen molar-refractivity contribution in [1.82, 2.24) is 5.32 Å². The second kappa shape index (κ2) is 6.16. The normalized spacial score (nSPS) is 22.4. The largest absolute Gasteiger partial charge is 0.495 e. The minimum Gasteiger partial charge on any atom is -0.495 e. The van der Waals surface area contributed by atoms with E-state index < -0.39 is 12.1 Å². The predicted molar refractivity (Wildman–Crippen MR) is 81.3 cm³/mol. The molecule has 1 aliphatic rings. The molecule has 2 atom stereocenters. The number of amides is 2. The highest BCUT2D eigenvalue weighted by Gasteiger charge is 2.42. The molecule has 0 bridgehead atoms. The summed E-state index contributed by atoms with van der Waals surface area (Å²) in [5, 5.41) is 2.81. The number of nitrogens with zero attached hydrogens (tertiary/aromatic N) is 1. The number of rotatable bonds is 4. The third-order valence-corrected chi connectivity index (χ3v) is 3.78. The molecule has 2 rings (SSSR count). The minimum atomic E-state index is -0.517. The van der Waals surface area contributed by atoms with Crippen molar-refractivity contribution in [3.63, 3.8) is 0 Å². The van der Waals surface area contributed by atoms with Gasteiger partial charge in [0, 0.05) is 0 Å². The highest BCUT2D eigenvalue weighted by molar-refractivity contribution is 6.09. The first-order chi connectivity index (χ1) is 10.0. The summed E-state index contributed by atoms with van der Waals surface area (Å²) >= 11 is 0. The van der Waals surface area contributed by atoms with Crippen molar-refractivity contribution >= 4 is 17.5 Å². The van der Waals surface area contributed by atoms with Gasteiger partial charge >= 0.3 is 0 Å². The van der Waals surface area contributed by atoms with Gasteiger partial charge < -0.3 is 10.1 Å². The summed E-state index contributed by atoms with van der Waals surface area (Å²) in [6, 6.07) is 6.31. The van der Waals surface area contributed by atoms with Gasteiger partial charge in [-0.1, -0.05) is 32.9 Å². The number of anilines is 1. The van der Waals surface area contributed by atoms with Crippen LogP contribution in [0, 0.1) is 5.92 Å². The van der Waals surface area contributed by atoms with Crippen LogP contribution in [0.5, 0.6) is 5.75 Å². The van der Waals surface area contributed by atoms with Crippen LogP contribution < -0.4 is 15.0 Å². The van der Waals surface area contributed by atoms with Gasteiger partial charge in [-0.3, -0.25) is 14.5 Å². The monoisotopic (exact) mass is 290 g/mol. The molecule has 1 saturated heterocycles. The quantitative estimate of drug-likeness (QED) is 0.922. The molecule has 1 fully saturated rings. The lowest BCUT2D eigenvalue weighted by molar-refractivity contribution is -0.134. The zero-order chi connectivity index (χ0) is 15.6. The molecule has 0 aromatic heterocycles. The second-order valence-electron chi connectivity index (χ2n) is 5.54. The molecule has 1 aliphatic heterocycles. The summed E-state index contributed by atoms with van der Waals surface area (Å²) in [5.41, 5.74) is 0.650. The maximum absolute atomic E-state index is 12.7. The van der Waals surface area contributed by atoms with E-state index in [4.69, 9.17) is 4.74 Å². The van der Waals surface area contributed by atoms with E-state index in [2.05, 4.69) is 5.32 Å². The Bertz CT molecular complexity index is 542. The van der Waals surface area contributed by atoms with E-state index in [9.17, 15) is 9.59 Å². The third kappa shape index (κ3) is 2.73. The van der Waals surface area contributed by atoms with E-state index >= 15 is 0 Å². The highest BCUT2D eigenvalue weighted by atomic mass is 16.5. The summed E-state index contributed by atoms with van der Waals surface area (Å²) in [6.45, 7) is 5.76. The fourth-order valence-corrected chi connectivity index (χ4v) is 2.72. The maximum atomic E-state index is 12.7. The molecule has 1 heterocycles. The SMILES string of the molecule is CCC1NC(=O)C(C(C)C)N(c2ccccc2OC)C1=O. The van der Waals surface area contributed by atoms with Crippen LogP contribution in [0.2, 0.25) is 0 Å². The van der Waals surface area contributed by atoms with Crippen molar-refractivity contribution in [2.24, 2.45) is 5.92 Å². The van der Waals surface area contributed by atoms with Gasteiger partial charge in [0.15, 0.2) is 0 Å². The summed E-state index contributed by atoms with van der Waals surface area (Å²) < 4.78 is 5.35. The number of piperazine rings is 1. The van der Waals surface area contributed by atoms with Gasteiger partial charge in [-0.15, -0.1) is 0 Å². The van der Waals surface area contributed by atoms with Gasteiger partial charge in [0.05, 0.1) is 12.8 Å². The van der Waals surface area contributed by atoms with Crippen LogP contribution in [0.1, 0.15) is 27.2 Å². The van der Waals surface area contributed by atoms with E-state index in [0.29, 0.717) is 17.9 Å². The Balaban J connectivity index is 2.52. The molecule has 114 valence electrons. The second-order valence-corrected chi connectivity index (χ2v) is 5.54. The fourth-order valence-electron chi connectivity index (χ4n) is 2.72. The molecule has 2 unspecified atom stereocenters. The number of hydrogen-bond acceptors (Lipinski definition) is 3. The Kier molecular flexibility index (Phi) is 4.50. The Morgan fingerprint density at radius 2 is 1.95 bits per heavy atom. The molecule has 1 aromatic rings. The molecular formula is C16H22N2O3. The fraction of sp³-hybridized carbons (Fsp3) is 0.500. The first-order valence-corrected chi connectivity index (χ1v) is 7.27. The zero-order valence-electron chi connectivity index (χ0n) is 12.9. The van der Waals surface area contributed by atoms with Crippen LogP contribution >= 0.6 is 0 Å². The summed E-state index contributed by atoms with van der Waals surface area (Å²) in [6.07, 6.45) is 0.570. The Labute approximate surface area is 125 Å². The van der Waals surface area contributed by atoms with E-state index in [1.165, 1.54) is 0 Å². The minimum absolute atomic E-state index is 0.0108. The molecule has 5 heteroatoms. The van der Waals surface area contributed by atoms with Crippen LogP contribution in [0.15, 0.2) is 24.3 Å². The number of carbonyl (C=O) groups is 2. The molecule has 0 spiro atoms. The Morgan fingerprint density at radius 3 is 2.52 bits per heavy atom. The smallest absolute Gasteiger partial charge is 0.250 e. The molecule has 1 aromatic carbocycles. The lowest BCUT2D eigenvalue weighted by Crippen LogP contribution is -2.65. The van der Waals surface area contributed by atoms with Crippen molar-refractivity contribution in [3.05, 3.63) is 24.3 Å². The number of carbonyl (C=O) groups excluding carboxylic acids is 2. The summed E-state index contributed by atoms with van der Waals surface area (Å²) in [5.74, 6) is 0.417. The van der Waals surface area contributed by atoms with Crippen molar-refractivity contribution in [3.8, 4) is 5.75 Å². The molecular weight excluding hydrogens is 268 g/mol. The van der Waals surface area contributed by atoms with E-state index in [-0.39, 0.29) is 17.7 Å². The third-order valence-electron chi connectivity index (χ3n) is 3.78. The standard InChI is InChI=1S/C16H22N2O3/c1-5-11-16(20)18(14(10(2)3)15(19)17-11)12-8-6-7-9-13(12)21-4/h6-11,14H,5H2,1-4H3,(H,17,19). The van der Waals surface area contributed by atoms with Crippen molar-refractivity contribution < 1.29 is 14.3 Å². The van der Waals surface area contributed by atoms with Gasteiger partial charge in [-0.25, -0.2) is 0 Å². The summed E-state index contributed by atoms with van der Waals surface area (Å²) in [7, 11) is 1.56. The van der Waals surface area contributed by atoms with Crippen molar-refractivity contribution in [2.45, 2.75) is 39.3 Å². The van der Waals surface area contributed by atoms with Crippen LogP contribution in [-0.2, 0) is 9.59 Å². The predicted octanol–water partition coefficient (Wildman–Crippen LogP) is 1.96. The van der Waals surface area contributed by atoms with E-state index in [0.717, 1.165) is 0 Å². The number of hydrogen-bond donors (Lipinski definition) is 1. The first kappa shape index (κ1) is 15.4. The van der Waals surface area contributed by atoms with Gasteiger partial charge in [-0.05, 0) is 24.5 Å². The maximum Gasteiger partial charge on any atom is 0.250 e. The Hall–Kier alpha value is -2.04. The average Bonchev–Trinajstić information content (AvgIpc) is 2.48. The van der Waals surface area contributed by atoms with Gasteiger partial charge in [0.2, 0.25) is 11.8 Å². The van der Waals surface area contributed by atoms with Gasteiger partial charge in [-0.2, -0.15) is 0 Å². The molecule has 2 amide bonds. The van der Waals surface area contributed by atoms with E-state index in [1.54, 1.807) is 18.1 Å². The Morgan fingerprint density at radius 1 is 1.29 bits per heavy atom. The van der Waals surface area contributed by atoms with Gasteiger partial charge in [0.1, 0.15) is 17.8 Å². The van der Waals surface area contributed by atoms with Crippen LogP contribution in [0.3, 0.4) is 0 Å². The molecule has 21 heavy (non-hydrogen) atoms. The molecule has 0 aliphatic carbocycles. The molecule has 0 radical (unpaired) electrons. The number of benzene rings is 1. The number of para-hydroxylation sites is 2. The molecule has 1 N–H and O–H groups in total. The number of methoxy groups -OCH3 is 1. The average molecular weight is 290 g/mol.